The molecule has 2 aromatic heterocycles. The molecule has 0 aliphatic heterocycles. The van der Waals surface area contributed by atoms with E-state index in [-0.39, 0.29) is 0 Å². The number of allylic oxidation sites excluding steroid dienone is 1. The summed E-state index contributed by atoms with van der Waals surface area (Å²) in [6, 6.07) is 1.58. The normalized spacial score (nSPS) is 18.4. The Balaban J connectivity index is 0.000000233. The molecule has 2 heterocycles. The standard InChI is InChI=1S/C9H9ClN2O.C8H12N2.C2H2/c1-5(10)3-7-4-8(9(11)13)12-6(7)2;1-6-3-8(6)7-4-9-10(2)5-7;1-2/h3-4,12H,1-2H2,(H2,11,13);4-6,8H,3H2,1-2H3;1-2H/b7-3-;;/t;6-,8+;/m.1./s1. The molecule has 1 amide bonds. The number of carbonyl (C=O) groups excluding carboxylic acids is 1. The first-order chi connectivity index (χ1) is 11.8. The van der Waals surface area contributed by atoms with Crippen LogP contribution in [0.15, 0.2) is 30.1 Å². The third-order valence-electron chi connectivity index (χ3n) is 3.77. The number of carbonyl (C=O) groups is 1. The molecule has 3 N–H and O–H groups in total. The van der Waals surface area contributed by atoms with E-state index in [1.807, 2.05) is 17.9 Å². The van der Waals surface area contributed by atoms with Crippen molar-refractivity contribution in [3.05, 3.63) is 51.9 Å². The van der Waals surface area contributed by atoms with Crippen molar-refractivity contribution in [3.8, 4) is 12.8 Å². The zero-order valence-corrected chi connectivity index (χ0v) is 15.3. The molecule has 0 saturated heterocycles. The lowest BCUT2D eigenvalue weighted by Crippen LogP contribution is -2.19. The van der Waals surface area contributed by atoms with E-state index in [1.54, 1.807) is 12.1 Å². The summed E-state index contributed by atoms with van der Waals surface area (Å²) in [5.41, 5.74) is 6.79. The molecule has 0 unspecified atom stereocenters. The van der Waals surface area contributed by atoms with E-state index in [1.165, 1.54) is 12.0 Å². The number of aromatic nitrogens is 3. The fraction of sp³-hybridized carbons (Fsp3) is 0.263. The number of aryl methyl sites for hydroxylation is 1. The summed E-state index contributed by atoms with van der Waals surface area (Å²) in [7, 11) is 1.97. The summed E-state index contributed by atoms with van der Waals surface area (Å²) in [5, 5.41) is 5.81. The zero-order chi connectivity index (χ0) is 19.1. The smallest absolute Gasteiger partial charge is 0.265 e. The third kappa shape index (κ3) is 6.02. The van der Waals surface area contributed by atoms with Crippen LogP contribution in [0.25, 0.3) is 12.7 Å². The van der Waals surface area contributed by atoms with Gasteiger partial charge in [0.1, 0.15) is 5.69 Å². The fourth-order valence-electron chi connectivity index (χ4n) is 2.36. The van der Waals surface area contributed by atoms with Gasteiger partial charge < -0.3 is 10.7 Å². The van der Waals surface area contributed by atoms with Crippen LogP contribution >= 0.6 is 11.6 Å². The Labute approximate surface area is 152 Å². The summed E-state index contributed by atoms with van der Waals surface area (Å²) in [6.45, 7) is 9.47. The summed E-state index contributed by atoms with van der Waals surface area (Å²) in [5.74, 6) is 1.18. The van der Waals surface area contributed by atoms with Gasteiger partial charge in [0.05, 0.1) is 6.20 Å². The molecule has 1 saturated carbocycles. The number of aromatic amines is 1. The van der Waals surface area contributed by atoms with Gasteiger partial charge in [0, 0.05) is 28.8 Å². The number of nitrogens with zero attached hydrogens (tertiary/aromatic N) is 2. The second kappa shape index (κ2) is 8.95. The van der Waals surface area contributed by atoms with E-state index >= 15 is 0 Å². The first-order valence-electron chi connectivity index (χ1n) is 7.63. The highest BCUT2D eigenvalue weighted by molar-refractivity contribution is 6.33. The zero-order valence-electron chi connectivity index (χ0n) is 14.5. The van der Waals surface area contributed by atoms with Crippen LogP contribution in [0.1, 0.15) is 35.3 Å². The number of hydrogen-bond acceptors (Lipinski definition) is 2. The van der Waals surface area contributed by atoms with Gasteiger partial charge in [-0.2, -0.15) is 5.10 Å². The number of primary amides is 1. The quantitative estimate of drug-likeness (QED) is 0.821. The topological polar surface area (TPSA) is 76.7 Å². The van der Waals surface area contributed by atoms with Gasteiger partial charge in [0.15, 0.2) is 0 Å². The largest absolute Gasteiger partial charge is 0.364 e. The molecule has 2 atom stereocenters. The van der Waals surface area contributed by atoms with Crippen molar-refractivity contribution in [2.45, 2.75) is 19.3 Å². The van der Waals surface area contributed by atoms with Crippen LogP contribution < -0.4 is 16.3 Å². The lowest BCUT2D eigenvalue weighted by atomic mass is 10.2. The number of H-pyrrole nitrogens is 1. The average molecular weight is 359 g/mol. The molecule has 0 spiro atoms. The Kier molecular flexibility index (Phi) is 7.28. The lowest BCUT2D eigenvalue weighted by Gasteiger charge is -1.86. The number of nitrogens with one attached hydrogen (secondary N) is 1. The minimum Gasteiger partial charge on any atom is -0.364 e. The molecule has 6 heteroatoms. The molecule has 132 valence electrons. The number of terminal acetylenes is 1. The van der Waals surface area contributed by atoms with E-state index in [0.717, 1.165) is 11.8 Å². The maximum absolute atomic E-state index is 10.7. The first kappa shape index (κ1) is 20.3. The molecule has 25 heavy (non-hydrogen) atoms. The molecule has 1 aliphatic carbocycles. The molecular formula is C19H23ClN4O. The highest BCUT2D eigenvalue weighted by Gasteiger charge is 2.34. The SMILES string of the molecule is C#C.C=C(Cl)/C=c1/cc(C(N)=O)[nH]c1=C.C[C@@H]1C[C@@H]1c1cnn(C)c1. The van der Waals surface area contributed by atoms with E-state index in [0.29, 0.717) is 21.3 Å². The molecular weight excluding hydrogens is 336 g/mol. The van der Waals surface area contributed by atoms with Crippen LogP contribution in [0.3, 0.4) is 0 Å². The molecule has 0 radical (unpaired) electrons. The monoisotopic (exact) mass is 358 g/mol. The van der Waals surface area contributed by atoms with Gasteiger partial charge in [-0.3, -0.25) is 9.48 Å². The van der Waals surface area contributed by atoms with Crippen molar-refractivity contribution >= 4 is 30.2 Å². The Bertz CT molecular complexity index is 875. The van der Waals surface area contributed by atoms with Gasteiger partial charge in [0.25, 0.3) is 5.91 Å². The van der Waals surface area contributed by atoms with Gasteiger partial charge in [-0.25, -0.2) is 0 Å². The lowest BCUT2D eigenvalue weighted by molar-refractivity contribution is 0.0996. The van der Waals surface area contributed by atoms with Gasteiger partial charge in [0.2, 0.25) is 0 Å². The molecule has 0 aromatic carbocycles. The summed E-state index contributed by atoms with van der Waals surface area (Å²) in [6.07, 6.45) is 15.1. The minimum atomic E-state index is -0.523. The summed E-state index contributed by atoms with van der Waals surface area (Å²) in [4.78, 5) is 13.5. The van der Waals surface area contributed by atoms with Gasteiger partial charge >= 0.3 is 0 Å². The van der Waals surface area contributed by atoms with Crippen molar-refractivity contribution in [2.75, 3.05) is 0 Å². The molecule has 1 fully saturated rings. The van der Waals surface area contributed by atoms with Crippen LogP contribution in [-0.4, -0.2) is 20.7 Å². The average Bonchev–Trinajstić information content (AvgIpc) is 2.93. The van der Waals surface area contributed by atoms with E-state index < -0.39 is 5.91 Å². The van der Waals surface area contributed by atoms with Gasteiger partial charge in [-0.1, -0.05) is 31.7 Å². The maximum Gasteiger partial charge on any atom is 0.265 e. The second-order valence-electron chi connectivity index (χ2n) is 5.84. The number of amides is 1. The highest BCUT2D eigenvalue weighted by Crippen LogP contribution is 2.46. The molecule has 1 aliphatic rings. The Morgan fingerprint density at radius 2 is 2.16 bits per heavy atom. The first-order valence-corrected chi connectivity index (χ1v) is 8.01. The van der Waals surface area contributed by atoms with Crippen molar-refractivity contribution < 1.29 is 4.79 Å². The second-order valence-corrected chi connectivity index (χ2v) is 6.32. The van der Waals surface area contributed by atoms with Crippen molar-refractivity contribution in [1.29, 1.82) is 0 Å². The van der Waals surface area contributed by atoms with Crippen LogP contribution in [-0.2, 0) is 7.05 Å². The summed E-state index contributed by atoms with van der Waals surface area (Å²) >= 11 is 5.57. The van der Waals surface area contributed by atoms with Gasteiger partial charge in [-0.15, -0.1) is 12.8 Å². The number of nitrogens with two attached hydrogens (primary N) is 1. The van der Waals surface area contributed by atoms with Gasteiger partial charge in [-0.05, 0) is 36.0 Å². The number of halogens is 1. The van der Waals surface area contributed by atoms with E-state index in [4.69, 9.17) is 17.3 Å². The molecule has 3 rings (SSSR count). The van der Waals surface area contributed by atoms with Crippen LogP contribution in [0, 0.1) is 18.8 Å². The van der Waals surface area contributed by atoms with Crippen molar-refractivity contribution in [1.82, 2.24) is 14.8 Å². The van der Waals surface area contributed by atoms with Crippen LogP contribution in [0.2, 0.25) is 0 Å². The van der Waals surface area contributed by atoms with Crippen LogP contribution in [0.4, 0.5) is 0 Å². The van der Waals surface area contributed by atoms with Crippen molar-refractivity contribution in [3.63, 3.8) is 0 Å². The predicted molar refractivity (Wildman–Crippen MR) is 103 cm³/mol. The highest BCUT2D eigenvalue weighted by atomic mass is 35.5. The van der Waals surface area contributed by atoms with E-state index in [9.17, 15) is 4.79 Å². The Morgan fingerprint density at radius 1 is 1.56 bits per heavy atom. The molecule has 5 nitrogen and oxygen atoms in total. The molecule has 0 bridgehead atoms. The predicted octanol–water partition coefficient (Wildman–Crippen LogP) is 1.85. The van der Waals surface area contributed by atoms with Crippen molar-refractivity contribution in [2.24, 2.45) is 18.7 Å². The minimum absolute atomic E-state index is 0.314. The Morgan fingerprint density at radius 3 is 2.52 bits per heavy atom. The maximum atomic E-state index is 10.7. The number of rotatable bonds is 3. The third-order valence-corrected chi connectivity index (χ3v) is 3.88. The number of hydrogen-bond donors (Lipinski definition) is 2. The van der Waals surface area contributed by atoms with Crippen LogP contribution in [0.5, 0.6) is 0 Å². The van der Waals surface area contributed by atoms with E-state index in [2.05, 4.69) is 49.2 Å². The summed E-state index contributed by atoms with van der Waals surface area (Å²) < 4.78 is 1.88. The Hall–Kier alpha value is -2.71. The molecule has 2 aromatic rings. The fourth-order valence-corrected chi connectivity index (χ4v) is 2.48.